The fourth-order valence-corrected chi connectivity index (χ4v) is 3.38. The second-order valence-corrected chi connectivity index (χ2v) is 6.33. The first-order chi connectivity index (χ1) is 8.63. The molecule has 1 aromatic carbocycles. The van der Waals surface area contributed by atoms with E-state index in [1.54, 1.807) is 7.11 Å². The summed E-state index contributed by atoms with van der Waals surface area (Å²) in [5.74, 6) is 2.70. The minimum Gasteiger partial charge on any atom is -0.496 e. The number of hydrogen-bond acceptors (Lipinski definition) is 3. The molecular weight excluding hydrogens is 314 g/mol. The summed E-state index contributed by atoms with van der Waals surface area (Å²) in [6, 6.07) is 5.81. The van der Waals surface area contributed by atoms with Crippen LogP contribution in [0.2, 0.25) is 0 Å². The summed E-state index contributed by atoms with van der Waals surface area (Å²) in [5, 5.41) is 0. The number of rotatable bonds is 2. The third-order valence-corrected chi connectivity index (χ3v) is 4.71. The average Bonchev–Trinajstić information content (AvgIpc) is 2.38. The van der Waals surface area contributed by atoms with E-state index in [-0.39, 0.29) is 11.9 Å². The van der Waals surface area contributed by atoms with Crippen molar-refractivity contribution in [3.63, 3.8) is 0 Å². The Kier molecular flexibility index (Phi) is 4.56. The zero-order valence-electron chi connectivity index (χ0n) is 10.5. The first kappa shape index (κ1) is 13.7. The fourth-order valence-electron chi connectivity index (χ4n) is 2.03. The summed E-state index contributed by atoms with van der Waals surface area (Å²) < 4.78 is 6.21. The van der Waals surface area contributed by atoms with E-state index in [0.29, 0.717) is 11.3 Å². The predicted octanol–water partition coefficient (Wildman–Crippen LogP) is 3.04. The lowest BCUT2D eigenvalue weighted by Crippen LogP contribution is -2.44. The van der Waals surface area contributed by atoms with Crippen molar-refractivity contribution < 1.29 is 9.53 Å². The Bertz CT molecular complexity index is 453. The van der Waals surface area contributed by atoms with Gasteiger partial charge in [-0.3, -0.25) is 4.79 Å². The number of hydrogen-bond donors (Lipinski definition) is 0. The van der Waals surface area contributed by atoms with Gasteiger partial charge in [-0.2, -0.15) is 11.8 Å². The SMILES string of the molecule is COc1cc(Br)ccc1C(=O)N1CCSCC1C. The number of ether oxygens (including phenoxy) is 1. The van der Waals surface area contributed by atoms with E-state index >= 15 is 0 Å². The van der Waals surface area contributed by atoms with Crippen LogP contribution in [-0.2, 0) is 0 Å². The molecule has 0 aliphatic carbocycles. The third-order valence-electron chi connectivity index (χ3n) is 3.02. The Hall–Kier alpha value is -0.680. The molecular formula is C13H16BrNO2S. The van der Waals surface area contributed by atoms with Gasteiger partial charge < -0.3 is 9.64 Å². The molecule has 1 unspecified atom stereocenters. The molecule has 5 heteroatoms. The number of halogens is 1. The van der Waals surface area contributed by atoms with Crippen molar-refractivity contribution in [3.8, 4) is 5.75 Å². The normalized spacial score (nSPS) is 19.7. The second kappa shape index (κ2) is 5.97. The van der Waals surface area contributed by atoms with Gasteiger partial charge in [0.2, 0.25) is 0 Å². The van der Waals surface area contributed by atoms with E-state index in [9.17, 15) is 4.79 Å². The number of benzene rings is 1. The van der Waals surface area contributed by atoms with Gasteiger partial charge in [-0.25, -0.2) is 0 Å². The smallest absolute Gasteiger partial charge is 0.257 e. The number of thioether (sulfide) groups is 1. The second-order valence-electron chi connectivity index (χ2n) is 4.27. The molecule has 3 nitrogen and oxygen atoms in total. The van der Waals surface area contributed by atoms with Crippen LogP contribution in [0.5, 0.6) is 5.75 Å². The predicted molar refractivity (Wildman–Crippen MR) is 78.5 cm³/mol. The monoisotopic (exact) mass is 329 g/mol. The van der Waals surface area contributed by atoms with E-state index in [1.807, 2.05) is 34.9 Å². The first-order valence-electron chi connectivity index (χ1n) is 5.85. The maximum Gasteiger partial charge on any atom is 0.257 e. The van der Waals surface area contributed by atoms with E-state index in [1.165, 1.54) is 0 Å². The molecule has 1 atom stereocenters. The largest absolute Gasteiger partial charge is 0.496 e. The number of methoxy groups -OCH3 is 1. The van der Waals surface area contributed by atoms with Gasteiger partial charge in [0.1, 0.15) is 5.75 Å². The highest BCUT2D eigenvalue weighted by molar-refractivity contribution is 9.10. The zero-order chi connectivity index (χ0) is 13.1. The lowest BCUT2D eigenvalue weighted by atomic mass is 10.1. The summed E-state index contributed by atoms with van der Waals surface area (Å²) in [7, 11) is 1.59. The van der Waals surface area contributed by atoms with Gasteiger partial charge in [0.05, 0.1) is 12.7 Å². The molecule has 0 radical (unpaired) electrons. The average molecular weight is 330 g/mol. The van der Waals surface area contributed by atoms with Gasteiger partial charge in [-0.05, 0) is 25.1 Å². The van der Waals surface area contributed by atoms with Crippen LogP contribution in [-0.4, -0.2) is 42.0 Å². The Morgan fingerprint density at radius 3 is 3.00 bits per heavy atom. The molecule has 0 N–H and O–H groups in total. The summed E-state index contributed by atoms with van der Waals surface area (Å²) in [6.45, 7) is 2.90. The molecule has 0 bridgehead atoms. The molecule has 1 heterocycles. The van der Waals surface area contributed by atoms with Crippen LogP contribution in [0.25, 0.3) is 0 Å². The Morgan fingerprint density at radius 1 is 1.56 bits per heavy atom. The van der Waals surface area contributed by atoms with E-state index in [4.69, 9.17) is 4.74 Å². The van der Waals surface area contributed by atoms with Gasteiger partial charge in [-0.15, -0.1) is 0 Å². The summed E-state index contributed by atoms with van der Waals surface area (Å²) in [4.78, 5) is 14.5. The quantitative estimate of drug-likeness (QED) is 0.835. The summed E-state index contributed by atoms with van der Waals surface area (Å²) in [5.41, 5.74) is 0.638. The van der Waals surface area contributed by atoms with E-state index in [2.05, 4.69) is 22.9 Å². The van der Waals surface area contributed by atoms with Crippen LogP contribution in [0.1, 0.15) is 17.3 Å². The molecule has 0 spiro atoms. The maximum absolute atomic E-state index is 12.5. The van der Waals surface area contributed by atoms with Crippen molar-refractivity contribution in [2.45, 2.75) is 13.0 Å². The number of amides is 1. The Balaban J connectivity index is 2.27. The molecule has 2 rings (SSSR count). The number of carbonyl (C=O) groups excluding carboxylic acids is 1. The Labute approximate surface area is 120 Å². The van der Waals surface area contributed by atoms with Crippen LogP contribution in [0, 0.1) is 0 Å². The molecule has 1 aromatic rings. The number of nitrogens with zero attached hydrogens (tertiary/aromatic N) is 1. The molecule has 1 fully saturated rings. The zero-order valence-corrected chi connectivity index (χ0v) is 12.9. The minimum atomic E-state index is 0.0622. The summed E-state index contributed by atoms with van der Waals surface area (Å²) >= 11 is 5.28. The fraction of sp³-hybridized carbons (Fsp3) is 0.462. The standard InChI is InChI=1S/C13H16BrNO2S/c1-9-8-18-6-5-15(9)13(16)11-4-3-10(14)7-12(11)17-2/h3-4,7,9H,5-6,8H2,1-2H3. The molecule has 18 heavy (non-hydrogen) atoms. The van der Waals surface area contributed by atoms with Crippen LogP contribution < -0.4 is 4.74 Å². The van der Waals surface area contributed by atoms with Crippen LogP contribution >= 0.6 is 27.7 Å². The van der Waals surface area contributed by atoms with Crippen molar-refractivity contribution in [3.05, 3.63) is 28.2 Å². The molecule has 1 aliphatic heterocycles. The molecule has 0 saturated carbocycles. The lowest BCUT2D eigenvalue weighted by molar-refractivity contribution is 0.0712. The summed E-state index contributed by atoms with van der Waals surface area (Å²) in [6.07, 6.45) is 0. The van der Waals surface area contributed by atoms with Crippen LogP contribution in [0.3, 0.4) is 0 Å². The lowest BCUT2D eigenvalue weighted by Gasteiger charge is -2.33. The Morgan fingerprint density at radius 2 is 2.33 bits per heavy atom. The first-order valence-corrected chi connectivity index (χ1v) is 7.80. The van der Waals surface area contributed by atoms with Crippen molar-refractivity contribution >= 4 is 33.6 Å². The van der Waals surface area contributed by atoms with Crippen LogP contribution in [0.15, 0.2) is 22.7 Å². The van der Waals surface area contributed by atoms with Gasteiger partial charge in [-0.1, -0.05) is 15.9 Å². The van der Waals surface area contributed by atoms with Gasteiger partial charge in [0.25, 0.3) is 5.91 Å². The van der Waals surface area contributed by atoms with Gasteiger partial charge in [0, 0.05) is 28.6 Å². The highest BCUT2D eigenvalue weighted by Gasteiger charge is 2.26. The van der Waals surface area contributed by atoms with Crippen molar-refractivity contribution in [1.29, 1.82) is 0 Å². The molecule has 1 amide bonds. The molecule has 1 aliphatic rings. The molecule has 98 valence electrons. The van der Waals surface area contributed by atoms with Crippen LogP contribution in [0.4, 0.5) is 0 Å². The van der Waals surface area contributed by atoms with Gasteiger partial charge >= 0.3 is 0 Å². The molecule has 1 saturated heterocycles. The van der Waals surface area contributed by atoms with Crippen molar-refractivity contribution in [2.24, 2.45) is 0 Å². The van der Waals surface area contributed by atoms with Crippen molar-refractivity contribution in [1.82, 2.24) is 4.90 Å². The van der Waals surface area contributed by atoms with Crippen molar-refractivity contribution in [2.75, 3.05) is 25.2 Å². The topological polar surface area (TPSA) is 29.5 Å². The maximum atomic E-state index is 12.5. The highest BCUT2D eigenvalue weighted by atomic mass is 79.9. The minimum absolute atomic E-state index is 0.0622. The van der Waals surface area contributed by atoms with Gasteiger partial charge in [0.15, 0.2) is 0 Å². The van der Waals surface area contributed by atoms with E-state index < -0.39 is 0 Å². The molecule has 0 aromatic heterocycles. The van der Waals surface area contributed by atoms with E-state index in [0.717, 1.165) is 22.5 Å². The highest BCUT2D eigenvalue weighted by Crippen LogP contribution is 2.27. The number of carbonyl (C=O) groups is 1. The third kappa shape index (κ3) is 2.83.